The lowest BCUT2D eigenvalue weighted by atomic mass is 9.95. The van der Waals surface area contributed by atoms with Crippen LogP contribution >= 0.6 is 22.6 Å². The summed E-state index contributed by atoms with van der Waals surface area (Å²) >= 11 is 2.05. The summed E-state index contributed by atoms with van der Waals surface area (Å²) in [5, 5.41) is 0.637. The highest BCUT2D eigenvalue weighted by Gasteiger charge is 2.20. The zero-order chi connectivity index (χ0) is 22.0. The van der Waals surface area contributed by atoms with Gasteiger partial charge in [0.2, 0.25) is 0 Å². The van der Waals surface area contributed by atoms with E-state index in [4.69, 9.17) is 14.9 Å². The Bertz CT molecular complexity index is 1200. The molecule has 3 rings (SSSR count). The summed E-state index contributed by atoms with van der Waals surface area (Å²) in [6, 6.07) is 10.5. The molecule has 0 saturated heterocycles. The first-order valence-corrected chi connectivity index (χ1v) is 10.2. The fourth-order valence-corrected chi connectivity index (χ4v) is 3.68. The molecule has 1 amide bonds. The molecular formula is C22H21IN2O5. The van der Waals surface area contributed by atoms with Gasteiger partial charge < -0.3 is 19.8 Å². The Morgan fingerprint density at radius 1 is 1.17 bits per heavy atom. The van der Waals surface area contributed by atoms with Gasteiger partial charge in [-0.25, -0.2) is 9.59 Å². The third-order valence-corrected chi connectivity index (χ3v) is 5.34. The van der Waals surface area contributed by atoms with E-state index in [0.29, 0.717) is 32.2 Å². The van der Waals surface area contributed by atoms with Gasteiger partial charge in [-0.3, -0.25) is 4.79 Å². The lowest BCUT2D eigenvalue weighted by molar-refractivity contribution is -0.116. The van der Waals surface area contributed by atoms with Crippen molar-refractivity contribution >= 4 is 51.1 Å². The maximum Gasteiger partial charge on any atom is 0.414 e. The van der Waals surface area contributed by atoms with Crippen LogP contribution in [0.3, 0.4) is 0 Å². The molecule has 30 heavy (non-hydrogen) atoms. The van der Waals surface area contributed by atoms with Crippen LogP contribution in [-0.2, 0) is 17.6 Å². The first-order valence-electron chi connectivity index (χ1n) is 9.16. The minimum atomic E-state index is -0.545. The monoisotopic (exact) mass is 520 g/mol. The van der Waals surface area contributed by atoms with Gasteiger partial charge in [0.15, 0.2) is 0 Å². The molecule has 0 bridgehead atoms. The van der Waals surface area contributed by atoms with Crippen LogP contribution in [-0.4, -0.2) is 30.9 Å². The number of fused-ring (bicyclic) bond motifs is 1. The number of ether oxygens (including phenoxy) is 1. The van der Waals surface area contributed by atoms with Gasteiger partial charge in [0.05, 0.1) is 3.57 Å². The maximum atomic E-state index is 12.8. The average molecular weight is 520 g/mol. The molecule has 0 fully saturated rings. The molecule has 0 unspecified atom stereocenters. The number of halogens is 1. The van der Waals surface area contributed by atoms with Crippen LogP contribution in [0.15, 0.2) is 45.6 Å². The number of amides is 1. The highest BCUT2D eigenvalue weighted by molar-refractivity contribution is 14.1. The van der Waals surface area contributed by atoms with Crippen molar-refractivity contribution in [1.29, 1.82) is 0 Å². The predicted molar refractivity (Wildman–Crippen MR) is 123 cm³/mol. The number of carbonyl (C=O) groups is 2. The van der Waals surface area contributed by atoms with Crippen LogP contribution in [0, 0.1) is 3.57 Å². The summed E-state index contributed by atoms with van der Waals surface area (Å²) in [5.41, 5.74) is 8.04. The molecular weight excluding hydrogens is 499 g/mol. The molecule has 1 aromatic heterocycles. The van der Waals surface area contributed by atoms with Crippen molar-refractivity contribution in [3.05, 3.63) is 67.1 Å². The number of rotatable bonds is 5. The Kier molecular flexibility index (Phi) is 6.45. The standard InChI is InChI=1S/C22H21IN2O5/c1-12(26)7-15-16-10-18(23)20(30-22(28)25(2)3)11-19(16)29-21(27)17(15)9-13-5-4-6-14(24)8-13/h4-6,8,10-11H,7,9,24H2,1-3H3. The van der Waals surface area contributed by atoms with Crippen molar-refractivity contribution in [3.63, 3.8) is 0 Å². The second-order valence-corrected chi connectivity index (χ2v) is 8.35. The Hall–Kier alpha value is -2.88. The lowest BCUT2D eigenvalue weighted by Crippen LogP contribution is -2.25. The van der Waals surface area contributed by atoms with Gasteiger partial charge in [-0.05, 0) is 58.8 Å². The number of nitrogens with two attached hydrogens (primary N) is 1. The molecule has 2 aromatic carbocycles. The topological polar surface area (TPSA) is 103 Å². The van der Waals surface area contributed by atoms with Crippen molar-refractivity contribution in [2.75, 3.05) is 19.8 Å². The number of hydrogen-bond acceptors (Lipinski definition) is 6. The number of nitrogens with zero attached hydrogens (tertiary/aromatic N) is 1. The fraction of sp³-hybridized carbons (Fsp3) is 0.227. The van der Waals surface area contributed by atoms with Gasteiger partial charge in [-0.15, -0.1) is 0 Å². The summed E-state index contributed by atoms with van der Waals surface area (Å²) < 4.78 is 11.6. The van der Waals surface area contributed by atoms with Crippen LogP contribution in [0.1, 0.15) is 23.6 Å². The Labute approximate surface area is 186 Å². The second kappa shape index (κ2) is 8.86. The first-order chi connectivity index (χ1) is 14.2. The summed E-state index contributed by atoms with van der Waals surface area (Å²) in [6.45, 7) is 1.48. The summed E-state index contributed by atoms with van der Waals surface area (Å²) in [5.74, 6) is 0.205. The van der Waals surface area contributed by atoms with E-state index >= 15 is 0 Å². The SMILES string of the molecule is CC(=O)Cc1c(Cc2cccc(N)c2)c(=O)oc2cc(OC(=O)N(C)C)c(I)cc12. The average Bonchev–Trinajstić information content (AvgIpc) is 2.65. The fourth-order valence-electron chi connectivity index (χ4n) is 3.10. The molecule has 7 nitrogen and oxygen atoms in total. The minimum absolute atomic E-state index is 0.0751. The van der Waals surface area contributed by atoms with E-state index in [2.05, 4.69) is 0 Å². The third kappa shape index (κ3) is 4.81. The van der Waals surface area contributed by atoms with Crippen LogP contribution in [0.25, 0.3) is 11.0 Å². The van der Waals surface area contributed by atoms with Gasteiger partial charge in [0.25, 0.3) is 0 Å². The normalized spacial score (nSPS) is 10.8. The Morgan fingerprint density at radius 3 is 2.53 bits per heavy atom. The quantitative estimate of drug-likeness (QED) is 0.312. The van der Waals surface area contributed by atoms with Gasteiger partial charge >= 0.3 is 11.7 Å². The highest BCUT2D eigenvalue weighted by Crippen LogP contribution is 2.31. The molecule has 8 heteroatoms. The number of carbonyl (C=O) groups excluding carboxylic acids is 2. The lowest BCUT2D eigenvalue weighted by Gasteiger charge is -2.15. The van der Waals surface area contributed by atoms with Crippen LogP contribution < -0.4 is 16.1 Å². The first kappa shape index (κ1) is 21.8. The van der Waals surface area contributed by atoms with E-state index in [1.54, 1.807) is 32.3 Å². The maximum absolute atomic E-state index is 12.8. The molecule has 0 radical (unpaired) electrons. The minimum Gasteiger partial charge on any atom is -0.422 e. The predicted octanol–water partition coefficient (Wildman–Crippen LogP) is 3.76. The van der Waals surface area contributed by atoms with Crippen molar-refractivity contribution in [2.24, 2.45) is 0 Å². The van der Waals surface area contributed by atoms with Crippen molar-refractivity contribution in [3.8, 4) is 5.75 Å². The second-order valence-electron chi connectivity index (χ2n) is 7.19. The Morgan fingerprint density at radius 2 is 1.90 bits per heavy atom. The molecule has 0 aliphatic carbocycles. The van der Waals surface area contributed by atoms with Gasteiger partial charge in [0.1, 0.15) is 17.1 Å². The summed E-state index contributed by atoms with van der Waals surface area (Å²) in [4.78, 5) is 38.0. The molecule has 2 N–H and O–H groups in total. The van der Waals surface area contributed by atoms with Crippen molar-refractivity contribution in [2.45, 2.75) is 19.8 Å². The summed E-state index contributed by atoms with van der Waals surface area (Å²) in [7, 11) is 3.15. The molecule has 0 aliphatic rings. The molecule has 156 valence electrons. The number of nitrogen functional groups attached to an aromatic ring is 1. The number of anilines is 1. The van der Waals surface area contributed by atoms with E-state index in [1.807, 2.05) is 34.7 Å². The van der Waals surface area contributed by atoms with Gasteiger partial charge in [0, 0.05) is 49.6 Å². The molecule has 3 aromatic rings. The largest absolute Gasteiger partial charge is 0.422 e. The smallest absolute Gasteiger partial charge is 0.414 e. The van der Waals surface area contributed by atoms with Crippen LogP contribution in [0.5, 0.6) is 5.75 Å². The molecule has 0 saturated carbocycles. The van der Waals surface area contributed by atoms with Crippen LogP contribution in [0.4, 0.5) is 10.5 Å². The summed E-state index contributed by atoms with van der Waals surface area (Å²) in [6.07, 6.45) is -0.163. The van der Waals surface area contributed by atoms with Crippen molar-refractivity contribution < 1.29 is 18.7 Å². The molecule has 0 spiro atoms. The van der Waals surface area contributed by atoms with Gasteiger partial charge in [-0.2, -0.15) is 0 Å². The van der Waals surface area contributed by atoms with Gasteiger partial charge in [-0.1, -0.05) is 12.1 Å². The number of benzene rings is 2. The molecule has 0 aliphatic heterocycles. The number of ketones is 1. The van der Waals surface area contributed by atoms with E-state index < -0.39 is 11.7 Å². The third-order valence-electron chi connectivity index (χ3n) is 4.49. The van der Waals surface area contributed by atoms with E-state index in [9.17, 15) is 14.4 Å². The number of hydrogen-bond donors (Lipinski definition) is 1. The van der Waals surface area contributed by atoms with Crippen LogP contribution in [0.2, 0.25) is 0 Å². The van der Waals surface area contributed by atoms with E-state index in [0.717, 1.165) is 5.56 Å². The highest BCUT2D eigenvalue weighted by atomic mass is 127. The zero-order valence-corrected chi connectivity index (χ0v) is 19.0. The number of Topliss-reactive ketones (excluding diaryl/α,β-unsaturated/α-hetero) is 1. The molecule has 1 heterocycles. The molecule has 0 atom stereocenters. The Balaban J connectivity index is 2.17. The zero-order valence-electron chi connectivity index (χ0n) is 16.8. The van der Waals surface area contributed by atoms with E-state index in [1.165, 1.54) is 17.9 Å². The van der Waals surface area contributed by atoms with Crippen molar-refractivity contribution in [1.82, 2.24) is 4.90 Å². The van der Waals surface area contributed by atoms with E-state index in [-0.39, 0.29) is 23.5 Å².